The summed E-state index contributed by atoms with van der Waals surface area (Å²) in [5.41, 5.74) is 4.59. The number of halogens is 1. The highest BCUT2D eigenvalue weighted by Gasteiger charge is 2.19. The third-order valence-electron chi connectivity index (χ3n) is 3.28. The number of hydrogen-bond donors (Lipinski definition) is 2. The lowest BCUT2D eigenvalue weighted by Gasteiger charge is -2.10. The van der Waals surface area contributed by atoms with Crippen molar-refractivity contribution in [2.75, 3.05) is 0 Å². The quantitative estimate of drug-likeness (QED) is 0.568. The van der Waals surface area contributed by atoms with Gasteiger partial charge in [0.05, 0.1) is 10.7 Å². The van der Waals surface area contributed by atoms with E-state index in [1.165, 1.54) is 0 Å². The average Bonchev–Trinajstić information content (AvgIpc) is 3.07. The molecule has 1 atom stereocenters. The van der Waals surface area contributed by atoms with Gasteiger partial charge in [-0.15, -0.1) is 0 Å². The monoisotopic (exact) mass is 334 g/mol. The van der Waals surface area contributed by atoms with Gasteiger partial charge in [-0.05, 0) is 35.0 Å². The van der Waals surface area contributed by atoms with Crippen LogP contribution in [0, 0.1) is 0 Å². The molecule has 5 nitrogen and oxygen atoms in total. The number of nitrogens with zero attached hydrogens (tertiary/aromatic N) is 2. The third kappa shape index (κ3) is 2.26. The van der Waals surface area contributed by atoms with Gasteiger partial charge in [0.25, 0.3) is 0 Å². The summed E-state index contributed by atoms with van der Waals surface area (Å²) in [6.07, 6.45) is 3.77. The Morgan fingerprint density at radius 3 is 3.00 bits per heavy atom. The van der Waals surface area contributed by atoms with E-state index in [0.29, 0.717) is 0 Å². The van der Waals surface area contributed by atoms with Crippen molar-refractivity contribution in [2.45, 2.75) is 19.5 Å². The van der Waals surface area contributed by atoms with Gasteiger partial charge in [0, 0.05) is 23.7 Å². The molecule has 0 saturated carbocycles. The van der Waals surface area contributed by atoms with E-state index in [-0.39, 0.29) is 6.04 Å². The lowest BCUT2D eigenvalue weighted by Crippen LogP contribution is -2.28. The highest BCUT2D eigenvalue weighted by atomic mass is 79.9. The van der Waals surface area contributed by atoms with Crippen molar-refractivity contribution in [3.63, 3.8) is 0 Å². The standard InChI is InChI=1S/C14H15BrN4O/c1-2-19-8-10(7-17-19)13(18-16)12-6-9-4-3-5-11(15)14(9)20-12/h3-8,13,18H,2,16H2,1H3. The molecular formula is C14H15BrN4O. The summed E-state index contributed by atoms with van der Waals surface area (Å²) in [6.45, 7) is 2.86. The molecule has 1 unspecified atom stereocenters. The molecule has 0 spiro atoms. The van der Waals surface area contributed by atoms with E-state index in [2.05, 4.69) is 26.5 Å². The van der Waals surface area contributed by atoms with Crippen LogP contribution in [0.15, 0.2) is 45.5 Å². The minimum atomic E-state index is -0.213. The fourth-order valence-corrected chi connectivity index (χ4v) is 2.70. The fraction of sp³-hybridized carbons (Fsp3) is 0.214. The van der Waals surface area contributed by atoms with E-state index in [9.17, 15) is 0 Å². The Morgan fingerprint density at radius 1 is 1.50 bits per heavy atom. The zero-order valence-electron chi connectivity index (χ0n) is 11.0. The maximum atomic E-state index is 5.92. The topological polar surface area (TPSA) is 69.0 Å². The first kappa shape index (κ1) is 13.4. The lowest BCUT2D eigenvalue weighted by atomic mass is 10.1. The maximum absolute atomic E-state index is 5.92. The van der Waals surface area contributed by atoms with Gasteiger partial charge in [-0.3, -0.25) is 10.5 Å². The van der Waals surface area contributed by atoms with E-state index >= 15 is 0 Å². The van der Waals surface area contributed by atoms with Crippen molar-refractivity contribution in [3.8, 4) is 0 Å². The average molecular weight is 335 g/mol. The van der Waals surface area contributed by atoms with E-state index in [1.807, 2.05) is 42.1 Å². The van der Waals surface area contributed by atoms with Crippen LogP contribution in [0.5, 0.6) is 0 Å². The molecule has 0 fully saturated rings. The molecule has 0 aliphatic heterocycles. The van der Waals surface area contributed by atoms with Crippen LogP contribution >= 0.6 is 15.9 Å². The Balaban J connectivity index is 2.04. The minimum absolute atomic E-state index is 0.213. The van der Waals surface area contributed by atoms with Gasteiger partial charge >= 0.3 is 0 Å². The van der Waals surface area contributed by atoms with E-state index in [4.69, 9.17) is 10.3 Å². The second kappa shape index (κ2) is 5.40. The van der Waals surface area contributed by atoms with Crippen LogP contribution < -0.4 is 11.3 Å². The van der Waals surface area contributed by atoms with Gasteiger partial charge in [-0.2, -0.15) is 5.10 Å². The van der Waals surface area contributed by atoms with Crippen LogP contribution in [0.3, 0.4) is 0 Å². The van der Waals surface area contributed by atoms with Gasteiger partial charge in [0.15, 0.2) is 0 Å². The Morgan fingerprint density at radius 2 is 2.35 bits per heavy atom. The zero-order chi connectivity index (χ0) is 14.1. The molecule has 0 aliphatic carbocycles. The Kier molecular flexibility index (Phi) is 3.60. The van der Waals surface area contributed by atoms with Crippen molar-refractivity contribution < 1.29 is 4.42 Å². The van der Waals surface area contributed by atoms with Crippen LogP contribution in [-0.2, 0) is 6.54 Å². The second-order valence-corrected chi connectivity index (χ2v) is 5.39. The van der Waals surface area contributed by atoms with Gasteiger partial charge in [-0.1, -0.05) is 12.1 Å². The number of aryl methyl sites for hydroxylation is 1. The number of para-hydroxylation sites is 1. The summed E-state index contributed by atoms with van der Waals surface area (Å²) in [6, 6.07) is 7.72. The van der Waals surface area contributed by atoms with Crippen LogP contribution in [0.4, 0.5) is 0 Å². The molecule has 0 aliphatic rings. The van der Waals surface area contributed by atoms with Gasteiger partial charge < -0.3 is 4.42 Å². The van der Waals surface area contributed by atoms with Crippen LogP contribution in [0.1, 0.15) is 24.3 Å². The highest BCUT2D eigenvalue weighted by Crippen LogP contribution is 2.31. The zero-order valence-corrected chi connectivity index (χ0v) is 12.6. The SMILES string of the molecule is CCn1cc(C(NN)c2cc3cccc(Br)c3o2)cn1. The number of aromatic nitrogens is 2. The van der Waals surface area contributed by atoms with E-state index in [0.717, 1.165) is 33.3 Å². The molecule has 20 heavy (non-hydrogen) atoms. The Labute approximate surface area is 124 Å². The normalized spacial score (nSPS) is 12.9. The number of rotatable bonds is 4. The Bertz CT molecular complexity index is 734. The Hall–Kier alpha value is -1.63. The smallest absolute Gasteiger partial charge is 0.148 e. The van der Waals surface area contributed by atoms with Crippen molar-refractivity contribution in [2.24, 2.45) is 5.84 Å². The predicted molar refractivity (Wildman–Crippen MR) is 81.0 cm³/mol. The molecule has 0 radical (unpaired) electrons. The lowest BCUT2D eigenvalue weighted by molar-refractivity contribution is 0.476. The molecule has 3 aromatic rings. The van der Waals surface area contributed by atoms with Crippen molar-refractivity contribution in [1.29, 1.82) is 0 Å². The van der Waals surface area contributed by atoms with Gasteiger partial charge in [0.1, 0.15) is 17.4 Å². The molecule has 6 heteroatoms. The minimum Gasteiger partial charge on any atom is -0.458 e. The first-order chi connectivity index (χ1) is 9.72. The molecule has 2 heterocycles. The first-order valence-electron chi connectivity index (χ1n) is 6.39. The molecule has 0 bridgehead atoms. The summed E-state index contributed by atoms with van der Waals surface area (Å²) in [5.74, 6) is 6.46. The summed E-state index contributed by atoms with van der Waals surface area (Å²) in [4.78, 5) is 0. The number of nitrogens with two attached hydrogens (primary N) is 1. The summed E-state index contributed by atoms with van der Waals surface area (Å²) in [7, 11) is 0. The van der Waals surface area contributed by atoms with Crippen molar-refractivity contribution in [1.82, 2.24) is 15.2 Å². The molecule has 1 aromatic carbocycles. The molecule has 3 N–H and O–H groups in total. The molecule has 104 valence electrons. The molecule has 2 aromatic heterocycles. The van der Waals surface area contributed by atoms with Crippen LogP contribution in [-0.4, -0.2) is 9.78 Å². The maximum Gasteiger partial charge on any atom is 0.148 e. The summed E-state index contributed by atoms with van der Waals surface area (Å²) in [5, 5.41) is 5.31. The van der Waals surface area contributed by atoms with Gasteiger partial charge in [-0.25, -0.2) is 5.43 Å². The number of benzene rings is 1. The second-order valence-electron chi connectivity index (χ2n) is 4.54. The summed E-state index contributed by atoms with van der Waals surface area (Å²) < 4.78 is 8.71. The van der Waals surface area contributed by atoms with Crippen LogP contribution in [0.25, 0.3) is 11.0 Å². The number of furan rings is 1. The van der Waals surface area contributed by atoms with Crippen LogP contribution in [0.2, 0.25) is 0 Å². The molecule has 0 saturated heterocycles. The number of nitrogens with one attached hydrogen (secondary N) is 1. The van der Waals surface area contributed by atoms with Gasteiger partial charge in [0.2, 0.25) is 0 Å². The molecule has 3 rings (SSSR count). The number of hydrazine groups is 1. The third-order valence-corrected chi connectivity index (χ3v) is 3.90. The molecular weight excluding hydrogens is 320 g/mol. The van der Waals surface area contributed by atoms with E-state index < -0.39 is 0 Å². The number of hydrogen-bond acceptors (Lipinski definition) is 4. The fourth-order valence-electron chi connectivity index (χ4n) is 2.23. The summed E-state index contributed by atoms with van der Waals surface area (Å²) >= 11 is 3.49. The predicted octanol–water partition coefficient (Wildman–Crippen LogP) is 2.96. The number of fused-ring (bicyclic) bond motifs is 1. The molecule has 0 amide bonds. The highest BCUT2D eigenvalue weighted by molar-refractivity contribution is 9.10. The van der Waals surface area contributed by atoms with Crippen molar-refractivity contribution >= 4 is 26.9 Å². The largest absolute Gasteiger partial charge is 0.458 e. The van der Waals surface area contributed by atoms with E-state index in [1.54, 1.807) is 6.20 Å². The first-order valence-corrected chi connectivity index (χ1v) is 7.18. The van der Waals surface area contributed by atoms with Crippen molar-refractivity contribution in [3.05, 3.63) is 52.5 Å².